The van der Waals surface area contributed by atoms with Gasteiger partial charge in [0.1, 0.15) is 35.3 Å². The maximum absolute atomic E-state index is 14.9. The van der Waals surface area contributed by atoms with Crippen LogP contribution in [0.5, 0.6) is 0 Å². The SMILES string of the molecule is Cc1nc(N[C@H](C)c2cccc(C(F)F)c2F)c2cn(C3(CF)CC3)c(=O)c(N3CC(C)(C#N)C3)c2n1. The van der Waals surface area contributed by atoms with Gasteiger partial charge in [-0.05, 0) is 33.6 Å². The number of hydrogen-bond acceptors (Lipinski definition) is 6. The maximum Gasteiger partial charge on any atom is 0.276 e. The quantitative estimate of drug-likeness (QED) is 0.439. The van der Waals surface area contributed by atoms with Gasteiger partial charge in [0.15, 0.2) is 0 Å². The van der Waals surface area contributed by atoms with E-state index in [1.54, 1.807) is 25.7 Å². The fourth-order valence-electron chi connectivity index (χ4n) is 5.00. The number of aryl methyl sites for hydroxylation is 1. The van der Waals surface area contributed by atoms with Gasteiger partial charge in [0.2, 0.25) is 0 Å². The van der Waals surface area contributed by atoms with Gasteiger partial charge >= 0.3 is 0 Å². The summed E-state index contributed by atoms with van der Waals surface area (Å²) in [5.41, 5.74) is -2.03. The lowest BCUT2D eigenvalue weighted by Crippen LogP contribution is -2.56. The summed E-state index contributed by atoms with van der Waals surface area (Å²) in [6.07, 6.45) is -0.432. The summed E-state index contributed by atoms with van der Waals surface area (Å²) in [5.74, 6) is -0.404. The first kappa shape index (κ1) is 25.0. The topological polar surface area (TPSA) is 86.8 Å². The van der Waals surface area contributed by atoms with Crippen LogP contribution in [0.2, 0.25) is 0 Å². The van der Waals surface area contributed by atoms with Crippen molar-refractivity contribution in [1.82, 2.24) is 14.5 Å². The number of fused-ring (bicyclic) bond motifs is 1. The van der Waals surface area contributed by atoms with Crippen LogP contribution in [0.25, 0.3) is 10.9 Å². The van der Waals surface area contributed by atoms with Gasteiger partial charge in [-0.25, -0.2) is 27.5 Å². The molecular weight excluding hydrogens is 488 g/mol. The summed E-state index contributed by atoms with van der Waals surface area (Å²) in [6.45, 7) is 4.97. The summed E-state index contributed by atoms with van der Waals surface area (Å²) >= 11 is 0. The molecule has 7 nitrogen and oxygen atoms in total. The average molecular weight is 515 g/mol. The zero-order valence-corrected chi connectivity index (χ0v) is 20.7. The Labute approximate surface area is 210 Å². The van der Waals surface area contributed by atoms with Gasteiger partial charge in [0, 0.05) is 24.8 Å². The van der Waals surface area contributed by atoms with E-state index in [0.29, 0.717) is 42.7 Å². The summed E-state index contributed by atoms with van der Waals surface area (Å²) < 4.78 is 56.9. The van der Waals surface area contributed by atoms with Gasteiger partial charge in [-0.15, -0.1) is 0 Å². The molecule has 1 aliphatic heterocycles. The Morgan fingerprint density at radius 3 is 2.49 bits per heavy atom. The molecule has 5 rings (SSSR count). The molecule has 2 fully saturated rings. The third-order valence-corrected chi connectivity index (χ3v) is 7.33. The fourth-order valence-corrected chi connectivity index (χ4v) is 5.00. The number of rotatable bonds is 7. The predicted molar refractivity (Wildman–Crippen MR) is 131 cm³/mol. The Bertz CT molecular complexity index is 1490. The largest absolute Gasteiger partial charge is 0.363 e. The first-order chi connectivity index (χ1) is 17.5. The van der Waals surface area contributed by atoms with Crippen LogP contribution >= 0.6 is 0 Å². The normalized spacial score (nSPS) is 18.4. The number of aromatic nitrogens is 3. The number of nitriles is 1. The monoisotopic (exact) mass is 514 g/mol. The highest BCUT2D eigenvalue weighted by Gasteiger charge is 2.48. The lowest BCUT2D eigenvalue weighted by atomic mass is 9.83. The van der Waals surface area contributed by atoms with Gasteiger partial charge in [-0.1, -0.05) is 18.2 Å². The van der Waals surface area contributed by atoms with Crippen molar-refractivity contribution >= 4 is 22.4 Å². The standard InChI is InChI=1S/C26H26F4N6O/c1-14(16-5-4-6-17(19(16)28)22(29)30)32-23-18-9-36(26(10-27)7-8-26)24(37)21(20(18)33-15(2)34-23)35-12-25(3,11-31)13-35/h4-6,9,14,22H,7-8,10,12-13H2,1-3H3,(H,32,33,34)/t14-/m1/s1. The number of benzene rings is 1. The summed E-state index contributed by atoms with van der Waals surface area (Å²) in [5, 5.41) is 13.0. The molecule has 1 saturated carbocycles. The molecule has 0 bridgehead atoms. The number of pyridine rings is 1. The van der Waals surface area contributed by atoms with Crippen molar-refractivity contribution in [2.24, 2.45) is 5.41 Å². The molecule has 11 heteroatoms. The molecule has 1 aromatic carbocycles. The predicted octanol–water partition coefficient (Wildman–Crippen LogP) is 5.16. The van der Waals surface area contributed by atoms with E-state index in [2.05, 4.69) is 21.4 Å². The van der Waals surface area contributed by atoms with Gasteiger partial charge < -0.3 is 14.8 Å². The molecule has 1 saturated heterocycles. The minimum atomic E-state index is -2.96. The van der Waals surface area contributed by atoms with Crippen LogP contribution in [-0.4, -0.2) is 34.3 Å². The lowest BCUT2D eigenvalue weighted by Gasteiger charge is -2.44. The molecule has 3 heterocycles. The summed E-state index contributed by atoms with van der Waals surface area (Å²) in [4.78, 5) is 24.4. The molecule has 3 aromatic rings. The van der Waals surface area contributed by atoms with Gasteiger partial charge in [-0.3, -0.25) is 4.79 Å². The van der Waals surface area contributed by atoms with E-state index in [4.69, 9.17) is 0 Å². The molecule has 2 aliphatic rings. The zero-order chi connectivity index (χ0) is 26.7. The Hall–Kier alpha value is -3.68. The van der Waals surface area contributed by atoms with E-state index < -0.39 is 47.0 Å². The second-order valence-corrected chi connectivity index (χ2v) is 10.3. The molecule has 0 amide bonds. The fraction of sp³-hybridized carbons (Fsp3) is 0.462. The maximum atomic E-state index is 14.9. The van der Waals surface area contributed by atoms with Crippen molar-refractivity contribution < 1.29 is 17.6 Å². The smallest absolute Gasteiger partial charge is 0.276 e. The van der Waals surface area contributed by atoms with Crippen molar-refractivity contribution in [2.45, 2.75) is 51.6 Å². The van der Waals surface area contributed by atoms with Crippen molar-refractivity contribution in [1.29, 1.82) is 5.26 Å². The van der Waals surface area contributed by atoms with Gasteiger partial charge in [0.25, 0.3) is 12.0 Å². The van der Waals surface area contributed by atoms with Crippen molar-refractivity contribution in [3.05, 3.63) is 57.5 Å². The second-order valence-electron chi connectivity index (χ2n) is 10.3. The average Bonchev–Trinajstić information content (AvgIpc) is 3.63. The first-order valence-electron chi connectivity index (χ1n) is 12.0. The molecule has 0 unspecified atom stereocenters. The Morgan fingerprint density at radius 2 is 1.89 bits per heavy atom. The van der Waals surface area contributed by atoms with E-state index in [-0.39, 0.29) is 17.1 Å². The number of anilines is 2. The van der Waals surface area contributed by atoms with E-state index in [0.717, 1.165) is 6.07 Å². The molecule has 0 radical (unpaired) electrons. The molecule has 2 aromatic heterocycles. The summed E-state index contributed by atoms with van der Waals surface area (Å²) in [6, 6.07) is 5.32. The zero-order valence-electron chi connectivity index (χ0n) is 20.7. The van der Waals surface area contributed by atoms with E-state index >= 15 is 0 Å². The van der Waals surface area contributed by atoms with Crippen LogP contribution in [0.4, 0.5) is 29.1 Å². The van der Waals surface area contributed by atoms with Gasteiger partial charge in [-0.2, -0.15) is 5.26 Å². The van der Waals surface area contributed by atoms with Crippen LogP contribution in [0.3, 0.4) is 0 Å². The Kier molecular flexibility index (Phi) is 5.89. The minimum Gasteiger partial charge on any atom is -0.363 e. The highest BCUT2D eigenvalue weighted by molar-refractivity contribution is 5.97. The van der Waals surface area contributed by atoms with Gasteiger partial charge in [0.05, 0.1) is 34.0 Å². The van der Waals surface area contributed by atoms with Crippen LogP contribution in [0.15, 0.2) is 29.2 Å². The number of alkyl halides is 3. The van der Waals surface area contributed by atoms with Crippen LogP contribution in [-0.2, 0) is 5.54 Å². The highest BCUT2D eigenvalue weighted by atomic mass is 19.3. The minimum absolute atomic E-state index is 0.0331. The molecule has 37 heavy (non-hydrogen) atoms. The first-order valence-corrected chi connectivity index (χ1v) is 12.0. The van der Waals surface area contributed by atoms with E-state index in [9.17, 15) is 27.6 Å². The van der Waals surface area contributed by atoms with Crippen molar-refractivity contribution in [2.75, 3.05) is 30.0 Å². The number of hydrogen-bond donors (Lipinski definition) is 1. The lowest BCUT2D eigenvalue weighted by molar-refractivity contribution is 0.146. The molecule has 0 spiro atoms. The van der Waals surface area contributed by atoms with Crippen LogP contribution < -0.4 is 15.8 Å². The van der Waals surface area contributed by atoms with Crippen LogP contribution in [0.1, 0.15) is 56.1 Å². The van der Waals surface area contributed by atoms with Crippen molar-refractivity contribution in [3.63, 3.8) is 0 Å². The number of halogens is 4. The molecule has 1 aliphatic carbocycles. The Morgan fingerprint density at radius 1 is 1.22 bits per heavy atom. The number of nitrogens with zero attached hydrogens (tertiary/aromatic N) is 5. The Balaban J connectivity index is 1.66. The van der Waals surface area contributed by atoms with E-state index in [1.807, 2.05) is 0 Å². The molecule has 194 valence electrons. The third-order valence-electron chi connectivity index (χ3n) is 7.33. The number of nitrogens with one attached hydrogen (secondary N) is 1. The second kappa shape index (κ2) is 8.71. The van der Waals surface area contributed by atoms with Crippen LogP contribution in [0, 0.1) is 29.5 Å². The van der Waals surface area contributed by atoms with E-state index in [1.165, 1.54) is 22.9 Å². The summed E-state index contributed by atoms with van der Waals surface area (Å²) in [7, 11) is 0. The molecule has 1 N–H and O–H groups in total. The highest BCUT2D eigenvalue weighted by Crippen LogP contribution is 2.45. The molecular formula is C26H26F4N6O. The third kappa shape index (κ3) is 4.08. The van der Waals surface area contributed by atoms with Crippen molar-refractivity contribution in [3.8, 4) is 6.07 Å². The molecule has 1 atom stereocenters.